The van der Waals surface area contributed by atoms with E-state index < -0.39 is 8.07 Å². The lowest BCUT2D eigenvalue weighted by molar-refractivity contribution is -0.679. The van der Waals surface area contributed by atoms with Gasteiger partial charge in [0.15, 0.2) is 0 Å². The van der Waals surface area contributed by atoms with Gasteiger partial charge in [-0.2, -0.15) is 0 Å². The minimum atomic E-state index is -0.919. The topological polar surface area (TPSA) is 19.7 Å². The van der Waals surface area contributed by atoms with Gasteiger partial charge in [0.25, 0.3) is 0 Å². The molecular weight excluding hydrogens is 140 g/mol. The van der Waals surface area contributed by atoms with E-state index in [-0.39, 0.29) is 0 Å². The summed E-state index contributed by atoms with van der Waals surface area (Å²) in [5, 5.41) is 0. The molecule has 1 rings (SSSR count). The molecule has 1 aromatic rings. The van der Waals surface area contributed by atoms with Crippen LogP contribution in [0.3, 0.4) is 0 Å². The van der Waals surface area contributed by atoms with Crippen molar-refractivity contribution >= 4 is 8.07 Å². The van der Waals surface area contributed by atoms with Gasteiger partial charge in [0.2, 0.25) is 6.33 Å². The molecule has 0 atom stereocenters. The van der Waals surface area contributed by atoms with Crippen LogP contribution in [0.5, 0.6) is 0 Å². The molecule has 0 aliphatic carbocycles. The lowest BCUT2D eigenvalue weighted by Gasteiger charge is -2.11. The van der Waals surface area contributed by atoms with Crippen LogP contribution < -0.4 is 4.57 Å². The Hall–Kier alpha value is -0.573. The summed E-state index contributed by atoms with van der Waals surface area (Å²) < 4.78 is 2.21. The lowest BCUT2D eigenvalue weighted by atomic mass is 10.9. The fourth-order valence-electron chi connectivity index (χ4n) is 0.967. The molecule has 10 heavy (non-hydrogen) atoms. The quantitative estimate of drug-likeness (QED) is 0.489. The van der Waals surface area contributed by atoms with E-state index in [0.29, 0.717) is 0 Å². The average Bonchev–Trinajstić information content (AvgIpc) is 2.12. The molecule has 1 heterocycles. The van der Waals surface area contributed by atoms with E-state index in [1.54, 1.807) is 0 Å². The van der Waals surface area contributed by atoms with E-state index in [1.165, 1.54) is 6.17 Å². The van der Waals surface area contributed by atoms with Crippen LogP contribution in [-0.2, 0) is 6.17 Å². The smallest absolute Gasteiger partial charge is 0.241 e. The Morgan fingerprint density at radius 3 is 2.50 bits per heavy atom. The van der Waals surface area contributed by atoms with E-state index in [0.717, 1.165) is 0 Å². The number of aromatic amines is 1. The van der Waals surface area contributed by atoms with E-state index in [2.05, 4.69) is 35.4 Å². The molecule has 0 spiro atoms. The van der Waals surface area contributed by atoms with Gasteiger partial charge in [-0.3, -0.25) is 4.98 Å². The summed E-state index contributed by atoms with van der Waals surface area (Å²) >= 11 is 0. The normalized spacial score (nSPS) is 11.9. The number of rotatable bonds is 2. The summed E-state index contributed by atoms with van der Waals surface area (Å²) in [6.45, 7) is 7.10. The zero-order valence-corrected chi connectivity index (χ0v) is 7.89. The van der Waals surface area contributed by atoms with Crippen LogP contribution in [0.1, 0.15) is 0 Å². The van der Waals surface area contributed by atoms with Gasteiger partial charge in [-0.05, 0) is 0 Å². The Balaban J connectivity index is 2.57. The minimum absolute atomic E-state index is 0.919. The Morgan fingerprint density at radius 2 is 2.10 bits per heavy atom. The Morgan fingerprint density at radius 1 is 1.40 bits per heavy atom. The fourth-order valence-corrected chi connectivity index (χ4v) is 2.26. The highest BCUT2D eigenvalue weighted by Gasteiger charge is 2.16. The second kappa shape index (κ2) is 2.58. The van der Waals surface area contributed by atoms with Gasteiger partial charge >= 0.3 is 0 Å². The molecule has 56 valence electrons. The maximum Gasteiger partial charge on any atom is 0.241 e. The molecule has 0 bridgehead atoms. The van der Waals surface area contributed by atoms with Gasteiger partial charge < -0.3 is 0 Å². The number of hydrogen-bond donors (Lipinski definition) is 1. The number of hydrogen-bond acceptors (Lipinski definition) is 0. The van der Waals surface area contributed by atoms with Gasteiger partial charge in [0.05, 0.1) is 14.2 Å². The SMILES string of the molecule is C[Si](C)(C)C[n+]1cc[nH]c1. The summed E-state index contributed by atoms with van der Waals surface area (Å²) in [5.74, 6) is 0. The van der Waals surface area contributed by atoms with Crippen molar-refractivity contribution in [2.45, 2.75) is 25.8 Å². The fraction of sp³-hybridized carbons (Fsp3) is 0.571. The van der Waals surface area contributed by atoms with Crippen LogP contribution in [0, 0.1) is 0 Å². The molecule has 0 unspecified atom stereocenters. The highest BCUT2D eigenvalue weighted by atomic mass is 28.3. The van der Waals surface area contributed by atoms with Gasteiger partial charge in [0, 0.05) is 0 Å². The van der Waals surface area contributed by atoms with Gasteiger partial charge in [-0.25, -0.2) is 4.57 Å². The third-order valence-corrected chi connectivity index (χ3v) is 2.57. The van der Waals surface area contributed by atoms with Crippen LogP contribution in [0.4, 0.5) is 0 Å². The second-order valence-corrected chi connectivity index (χ2v) is 9.28. The van der Waals surface area contributed by atoms with E-state index >= 15 is 0 Å². The minimum Gasteiger partial charge on any atom is -0.250 e. The van der Waals surface area contributed by atoms with Crippen molar-refractivity contribution in [1.29, 1.82) is 0 Å². The highest BCUT2D eigenvalue weighted by Crippen LogP contribution is 1.98. The zero-order chi connectivity index (χ0) is 7.61. The summed E-state index contributed by atoms with van der Waals surface area (Å²) in [4.78, 5) is 3.04. The Kier molecular flexibility index (Phi) is 1.94. The summed E-state index contributed by atoms with van der Waals surface area (Å²) in [7, 11) is -0.919. The maximum atomic E-state index is 3.04. The summed E-state index contributed by atoms with van der Waals surface area (Å²) in [6, 6.07) is 0. The third kappa shape index (κ3) is 2.35. The number of H-pyrrole nitrogens is 1. The summed E-state index contributed by atoms with van der Waals surface area (Å²) in [6.07, 6.45) is 7.26. The Labute approximate surface area is 62.9 Å². The molecule has 0 aromatic carbocycles. The molecule has 3 heteroatoms. The van der Waals surface area contributed by atoms with Crippen molar-refractivity contribution in [2.24, 2.45) is 0 Å². The van der Waals surface area contributed by atoms with E-state index in [4.69, 9.17) is 0 Å². The molecule has 0 aliphatic heterocycles. The molecule has 0 saturated carbocycles. The van der Waals surface area contributed by atoms with Crippen molar-refractivity contribution in [2.75, 3.05) is 0 Å². The van der Waals surface area contributed by atoms with Crippen molar-refractivity contribution in [3.63, 3.8) is 0 Å². The molecule has 0 aliphatic rings. The lowest BCUT2D eigenvalue weighted by Crippen LogP contribution is -2.44. The average molecular weight is 155 g/mol. The third-order valence-electron chi connectivity index (χ3n) is 1.26. The maximum absolute atomic E-state index is 3.04. The predicted molar refractivity (Wildman–Crippen MR) is 44.3 cm³/mol. The molecule has 0 amide bonds. The molecule has 0 fully saturated rings. The van der Waals surface area contributed by atoms with E-state index in [9.17, 15) is 0 Å². The number of aromatic nitrogens is 2. The number of nitrogens with zero attached hydrogens (tertiary/aromatic N) is 1. The molecular formula is C7H15N2Si+. The number of imidazole rings is 1. The van der Waals surface area contributed by atoms with Crippen LogP contribution in [0.25, 0.3) is 0 Å². The highest BCUT2D eigenvalue weighted by molar-refractivity contribution is 6.74. The van der Waals surface area contributed by atoms with Crippen LogP contribution in [0.2, 0.25) is 19.6 Å². The molecule has 1 aromatic heterocycles. The Bertz CT molecular complexity index is 186. The monoisotopic (exact) mass is 155 g/mol. The number of nitrogens with one attached hydrogen (secondary N) is 1. The zero-order valence-electron chi connectivity index (χ0n) is 6.89. The van der Waals surface area contributed by atoms with Gasteiger partial charge in [-0.15, -0.1) is 0 Å². The standard InChI is InChI=1S/C7H14N2Si/c1-10(2,3)7-9-5-4-8-6-9/h4-6H,7H2,1-3H3/p+1. The largest absolute Gasteiger partial charge is 0.250 e. The second-order valence-electron chi connectivity index (χ2n) is 3.84. The van der Waals surface area contributed by atoms with E-state index in [1.807, 2.05) is 12.5 Å². The first-order valence-corrected chi connectivity index (χ1v) is 7.30. The first-order valence-electron chi connectivity index (χ1n) is 3.60. The molecule has 2 nitrogen and oxygen atoms in total. The van der Waals surface area contributed by atoms with Gasteiger partial charge in [-0.1, -0.05) is 19.6 Å². The van der Waals surface area contributed by atoms with Crippen LogP contribution in [-0.4, -0.2) is 13.1 Å². The summed E-state index contributed by atoms with van der Waals surface area (Å²) in [5.41, 5.74) is 0. The van der Waals surface area contributed by atoms with Crippen molar-refractivity contribution in [1.82, 2.24) is 4.98 Å². The first-order chi connectivity index (χ1) is 4.58. The molecule has 0 saturated heterocycles. The van der Waals surface area contributed by atoms with Crippen LogP contribution >= 0.6 is 0 Å². The van der Waals surface area contributed by atoms with Gasteiger partial charge in [0.1, 0.15) is 12.4 Å². The first kappa shape index (κ1) is 7.53. The molecule has 1 N–H and O–H groups in total. The predicted octanol–water partition coefficient (Wildman–Crippen LogP) is 1.18. The van der Waals surface area contributed by atoms with Crippen molar-refractivity contribution in [3.05, 3.63) is 18.7 Å². The molecule has 0 radical (unpaired) electrons. The van der Waals surface area contributed by atoms with Crippen molar-refractivity contribution < 1.29 is 4.57 Å². The van der Waals surface area contributed by atoms with Crippen molar-refractivity contribution in [3.8, 4) is 0 Å². The van der Waals surface area contributed by atoms with Crippen LogP contribution in [0.15, 0.2) is 18.7 Å².